The number of hydrogen-bond acceptors (Lipinski definition) is 4. The second-order valence-corrected chi connectivity index (χ2v) is 8.76. The van der Waals surface area contributed by atoms with E-state index in [0.29, 0.717) is 23.1 Å². The molecule has 1 aliphatic rings. The summed E-state index contributed by atoms with van der Waals surface area (Å²) in [5.74, 6) is -0.00859. The van der Waals surface area contributed by atoms with Crippen molar-refractivity contribution in [2.24, 2.45) is 0 Å². The van der Waals surface area contributed by atoms with Crippen LogP contribution in [0.5, 0.6) is 0 Å². The van der Waals surface area contributed by atoms with Crippen molar-refractivity contribution < 1.29 is 9.21 Å². The second kappa shape index (κ2) is 8.31. The Morgan fingerprint density at radius 2 is 1.71 bits per heavy atom. The number of amides is 1. The van der Waals surface area contributed by atoms with Gasteiger partial charge in [-0.1, -0.05) is 31.2 Å². The molecule has 0 saturated heterocycles. The quantitative estimate of drug-likeness (QED) is 0.593. The summed E-state index contributed by atoms with van der Waals surface area (Å²) in [6.45, 7) is 7.51. The highest BCUT2D eigenvalue weighted by atomic mass is 16.3. The zero-order chi connectivity index (χ0) is 22.3. The molecule has 2 heterocycles. The molecule has 1 atom stereocenters. The normalized spacial score (nSPS) is 15.9. The maximum absolute atomic E-state index is 13.6. The van der Waals surface area contributed by atoms with Crippen LogP contribution in [-0.2, 0) is 6.42 Å². The molecule has 5 nitrogen and oxygen atoms in total. The number of rotatable bonds is 6. The first-order valence-electron chi connectivity index (χ1n) is 10.9. The molecule has 0 radical (unpaired) electrons. The van der Waals surface area contributed by atoms with Crippen molar-refractivity contribution in [1.82, 2.24) is 9.80 Å². The van der Waals surface area contributed by atoms with E-state index >= 15 is 0 Å². The number of aryl methyl sites for hydroxylation is 3. The summed E-state index contributed by atoms with van der Waals surface area (Å²) in [5.41, 5.74) is 5.10. The summed E-state index contributed by atoms with van der Waals surface area (Å²) in [7, 11) is 4.04. The molecule has 4 rings (SSSR count). The molecule has 1 unspecified atom stereocenters. The molecule has 0 saturated carbocycles. The minimum atomic E-state index is -0.419. The summed E-state index contributed by atoms with van der Waals surface area (Å²) >= 11 is 0. The molecule has 0 bridgehead atoms. The third kappa shape index (κ3) is 3.79. The van der Waals surface area contributed by atoms with Crippen LogP contribution in [0.2, 0.25) is 0 Å². The van der Waals surface area contributed by atoms with Gasteiger partial charge in [0.2, 0.25) is 5.76 Å². The van der Waals surface area contributed by atoms with Gasteiger partial charge >= 0.3 is 0 Å². The van der Waals surface area contributed by atoms with Crippen LogP contribution >= 0.6 is 0 Å². The summed E-state index contributed by atoms with van der Waals surface area (Å²) in [5, 5.41) is 0.542. The number of fused-ring (bicyclic) bond motifs is 2. The van der Waals surface area contributed by atoms with Crippen LogP contribution in [0.15, 0.2) is 45.6 Å². The van der Waals surface area contributed by atoms with Crippen molar-refractivity contribution in [1.29, 1.82) is 0 Å². The summed E-state index contributed by atoms with van der Waals surface area (Å²) in [4.78, 5) is 30.9. The van der Waals surface area contributed by atoms with Crippen LogP contribution in [0.25, 0.3) is 11.0 Å². The maximum Gasteiger partial charge on any atom is 0.290 e. The SMILES string of the molecule is CCc1ccc(C2c3c(oc4cc(C)c(C)cc4c3=O)C(=O)N2CCCN(C)C)cc1. The monoisotopic (exact) mass is 418 g/mol. The highest BCUT2D eigenvalue weighted by molar-refractivity contribution is 5.99. The molecule has 0 spiro atoms. The van der Waals surface area contributed by atoms with Crippen LogP contribution in [0.3, 0.4) is 0 Å². The van der Waals surface area contributed by atoms with Crippen LogP contribution in [0.1, 0.15) is 57.8 Å². The van der Waals surface area contributed by atoms with Crippen LogP contribution < -0.4 is 5.43 Å². The fraction of sp³-hybridized carbons (Fsp3) is 0.385. The standard InChI is InChI=1S/C26H30N2O3/c1-6-18-8-10-19(11-9-18)23-22-24(29)20-14-16(2)17(3)15-21(20)31-25(22)26(30)28(23)13-7-12-27(4)5/h8-11,14-15,23H,6-7,12-13H2,1-5H3. The van der Waals surface area contributed by atoms with Crippen LogP contribution in [-0.4, -0.2) is 42.9 Å². The Hall–Kier alpha value is -2.92. The summed E-state index contributed by atoms with van der Waals surface area (Å²) in [6.07, 6.45) is 1.76. The van der Waals surface area contributed by atoms with Gasteiger partial charge in [-0.05, 0) is 81.7 Å². The maximum atomic E-state index is 13.6. The largest absolute Gasteiger partial charge is 0.450 e. The van der Waals surface area contributed by atoms with Gasteiger partial charge in [-0.15, -0.1) is 0 Å². The fourth-order valence-corrected chi connectivity index (χ4v) is 4.35. The number of benzene rings is 2. The van der Waals surface area contributed by atoms with Crippen molar-refractivity contribution in [3.8, 4) is 0 Å². The van der Waals surface area contributed by atoms with Gasteiger partial charge in [0.1, 0.15) is 5.58 Å². The first kappa shape index (κ1) is 21.3. The first-order valence-corrected chi connectivity index (χ1v) is 10.9. The van der Waals surface area contributed by atoms with Crippen molar-refractivity contribution in [2.45, 2.75) is 39.7 Å². The zero-order valence-electron chi connectivity index (χ0n) is 19.0. The van der Waals surface area contributed by atoms with Crippen LogP contribution in [0, 0.1) is 13.8 Å². The molecule has 0 fully saturated rings. The van der Waals surface area contributed by atoms with E-state index in [0.717, 1.165) is 36.1 Å². The third-order valence-electron chi connectivity index (χ3n) is 6.29. The van der Waals surface area contributed by atoms with Gasteiger partial charge in [-0.3, -0.25) is 9.59 Å². The number of carbonyl (C=O) groups excluding carboxylic acids is 1. The molecular weight excluding hydrogens is 388 g/mol. The molecule has 1 amide bonds. The average molecular weight is 419 g/mol. The lowest BCUT2D eigenvalue weighted by molar-refractivity contribution is 0.0722. The fourth-order valence-electron chi connectivity index (χ4n) is 4.35. The van der Waals surface area contributed by atoms with Crippen molar-refractivity contribution in [3.63, 3.8) is 0 Å². The Labute approximate surface area is 183 Å². The molecule has 3 aromatic rings. The van der Waals surface area contributed by atoms with Crippen molar-refractivity contribution in [2.75, 3.05) is 27.2 Å². The topological polar surface area (TPSA) is 53.8 Å². The smallest absolute Gasteiger partial charge is 0.290 e. The molecular formula is C26H30N2O3. The van der Waals surface area contributed by atoms with Gasteiger partial charge in [-0.2, -0.15) is 0 Å². The minimum Gasteiger partial charge on any atom is -0.450 e. The van der Waals surface area contributed by atoms with Crippen molar-refractivity contribution >= 4 is 16.9 Å². The van der Waals surface area contributed by atoms with E-state index in [1.54, 1.807) is 4.90 Å². The number of carbonyl (C=O) groups is 1. The summed E-state index contributed by atoms with van der Waals surface area (Å²) in [6, 6.07) is 11.5. The molecule has 1 aliphatic heterocycles. The Morgan fingerprint density at radius 1 is 1.03 bits per heavy atom. The van der Waals surface area contributed by atoms with Crippen molar-refractivity contribution in [3.05, 3.63) is 80.2 Å². The molecule has 2 aromatic carbocycles. The van der Waals surface area contributed by atoms with E-state index in [9.17, 15) is 9.59 Å². The second-order valence-electron chi connectivity index (χ2n) is 8.76. The molecule has 0 aliphatic carbocycles. The molecule has 0 N–H and O–H groups in total. The molecule has 162 valence electrons. The lowest BCUT2D eigenvalue weighted by atomic mass is 9.96. The molecule has 31 heavy (non-hydrogen) atoms. The van der Waals surface area contributed by atoms with E-state index in [1.807, 2.05) is 52.2 Å². The van der Waals surface area contributed by atoms with Gasteiger partial charge in [0, 0.05) is 6.54 Å². The van der Waals surface area contributed by atoms with Gasteiger partial charge in [0.25, 0.3) is 5.91 Å². The molecule has 5 heteroatoms. The third-order valence-corrected chi connectivity index (χ3v) is 6.29. The highest BCUT2D eigenvalue weighted by Crippen LogP contribution is 2.38. The lowest BCUT2D eigenvalue weighted by Crippen LogP contribution is -2.32. The molecule has 1 aromatic heterocycles. The predicted octanol–water partition coefficient (Wildman–Crippen LogP) is 4.47. The van der Waals surface area contributed by atoms with Gasteiger partial charge < -0.3 is 14.2 Å². The van der Waals surface area contributed by atoms with Gasteiger partial charge in [0.05, 0.1) is 17.0 Å². The van der Waals surface area contributed by atoms with E-state index in [-0.39, 0.29) is 17.1 Å². The Balaban J connectivity index is 1.88. The Morgan fingerprint density at radius 3 is 2.35 bits per heavy atom. The van der Waals surface area contributed by atoms with E-state index in [1.165, 1.54) is 5.56 Å². The van der Waals surface area contributed by atoms with E-state index < -0.39 is 6.04 Å². The van der Waals surface area contributed by atoms with Crippen LogP contribution in [0.4, 0.5) is 0 Å². The zero-order valence-corrected chi connectivity index (χ0v) is 19.0. The minimum absolute atomic E-state index is 0.104. The average Bonchev–Trinajstić information content (AvgIpc) is 3.02. The van der Waals surface area contributed by atoms with E-state index in [2.05, 4.69) is 24.0 Å². The van der Waals surface area contributed by atoms with Gasteiger partial charge in [0.15, 0.2) is 5.43 Å². The summed E-state index contributed by atoms with van der Waals surface area (Å²) < 4.78 is 6.09. The number of hydrogen-bond donors (Lipinski definition) is 0. The van der Waals surface area contributed by atoms with E-state index in [4.69, 9.17) is 4.42 Å². The predicted molar refractivity (Wildman–Crippen MR) is 124 cm³/mol. The lowest BCUT2D eigenvalue weighted by Gasteiger charge is -2.26. The Bertz CT molecular complexity index is 1190. The Kier molecular flexibility index (Phi) is 5.71. The number of nitrogens with zero attached hydrogens (tertiary/aromatic N) is 2. The van der Waals surface area contributed by atoms with Gasteiger partial charge in [-0.25, -0.2) is 0 Å². The first-order chi connectivity index (χ1) is 14.8. The highest BCUT2D eigenvalue weighted by Gasteiger charge is 2.42.